The molecule has 0 fully saturated rings. The van der Waals surface area contributed by atoms with E-state index in [-0.39, 0.29) is 0 Å². The maximum Gasteiger partial charge on any atom is 0.420 e. The number of aryl methyl sites for hydroxylation is 2. The molecular weight excluding hydrogens is 412 g/mol. The van der Waals surface area contributed by atoms with Gasteiger partial charge in [0.2, 0.25) is 0 Å². The number of hydrogen-bond donors (Lipinski definition) is 1. The molecule has 1 N–H and O–H groups in total. The van der Waals surface area contributed by atoms with E-state index in [2.05, 4.69) is 10.4 Å². The predicted octanol–water partition coefficient (Wildman–Crippen LogP) is 3.14. The van der Waals surface area contributed by atoms with E-state index in [1.54, 1.807) is 35.0 Å². The molecule has 1 atom stereocenters. The summed E-state index contributed by atoms with van der Waals surface area (Å²) in [7, 11) is 0. The summed E-state index contributed by atoms with van der Waals surface area (Å²) in [6.45, 7) is 4.80. The van der Waals surface area contributed by atoms with Gasteiger partial charge in [-0.1, -0.05) is 29.8 Å². The number of amides is 1. The number of para-hydroxylation sites is 2. The van der Waals surface area contributed by atoms with Crippen molar-refractivity contribution < 1.29 is 18.7 Å². The molecule has 0 bridgehead atoms. The van der Waals surface area contributed by atoms with Crippen LogP contribution in [0, 0.1) is 13.8 Å². The van der Waals surface area contributed by atoms with Gasteiger partial charge in [0, 0.05) is 6.07 Å². The molecule has 4 aromatic rings. The molecule has 0 aliphatic heterocycles. The van der Waals surface area contributed by atoms with Crippen molar-refractivity contribution in [1.82, 2.24) is 14.3 Å². The zero-order chi connectivity index (χ0) is 22.8. The Morgan fingerprint density at radius 2 is 1.84 bits per heavy atom. The van der Waals surface area contributed by atoms with Gasteiger partial charge in [-0.25, -0.2) is 14.3 Å². The lowest BCUT2D eigenvalue weighted by atomic mass is 10.2. The summed E-state index contributed by atoms with van der Waals surface area (Å²) in [4.78, 5) is 37.1. The van der Waals surface area contributed by atoms with E-state index in [1.165, 1.54) is 11.5 Å². The first-order chi connectivity index (χ1) is 15.3. The Balaban J connectivity index is 1.43. The SMILES string of the molecule is Cc1ccc(-n2nc(C)cc2NC(=O)COC(=O)C(C)n2c(=O)oc3ccccc32)cc1. The number of esters is 1. The molecule has 2 aromatic heterocycles. The minimum atomic E-state index is -0.959. The maximum atomic E-state index is 12.5. The summed E-state index contributed by atoms with van der Waals surface area (Å²) in [6, 6.07) is 15.2. The molecule has 2 heterocycles. The number of fused-ring (bicyclic) bond motifs is 1. The second-order valence-corrected chi connectivity index (χ2v) is 7.46. The Bertz CT molecular complexity index is 1350. The molecule has 4 rings (SSSR count). The topological polar surface area (TPSA) is 108 Å². The molecule has 0 spiro atoms. The molecule has 9 nitrogen and oxygen atoms in total. The number of anilines is 1. The third-order valence-electron chi connectivity index (χ3n) is 4.97. The first kappa shape index (κ1) is 21.1. The standard InChI is InChI=1S/C23H22N4O5/c1-14-8-10-17(11-9-14)27-20(12-15(2)25-27)24-21(28)13-31-22(29)16(3)26-18-6-4-5-7-19(18)32-23(26)30/h4-12,16H,13H2,1-3H3,(H,24,28). The van der Waals surface area contributed by atoms with E-state index in [0.29, 0.717) is 16.9 Å². The quantitative estimate of drug-likeness (QED) is 0.467. The molecule has 1 unspecified atom stereocenters. The lowest BCUT2D eigenvalue weighted by Crippen LogP contribution is -2.29. The zero-order valence-electron chi connectivity index (χ0n) is 17.9. The van der Waals surface area contributed by atoms with Crippen LogP contribution in [-0.4, -0.2) is 32.8 Å². The summed E-state index contributed by atoms with van der Waals surface area (Å²) in [5.74, 6) is -1.46. The van der Waals surface area contributed by atoms with Gasteiger partial charge in [0.05, 0.1) is 16.9 Å². The molecular formula is C23H22N4O5. The largest absolute Gasteiger partial charge is 0.454 e. The summed E-state index contributed by atoms with van der Waals surface area (Å²) < 4.78 is 13.1. The smallest absolute Gasteiger partial charge is 0.420 e. The highest BCUT2D eigenvalue weighted by molar-refractivity contribution is 5.92. The Morgan fingerprint density at radius 3 is 2.59 bits per heavy atom. The fourth-order valence-electron chi connectivity index (χ4n) is 3.36. The number of ether oxygens (including phenoxy) is 1. The number of carbonyl (C=O) groups is 2. The first-order valence-corrected chi connectivity index (χ1v) is 10.0. The number of oxazole rings is 1. The molecule has 0 radical (unpaired) electrons. The molecule has 0 saturated carbocycles. The second-order valence-electron chi connectivity index (χ2n) is 7.46. The Hall–Kier alpha value is -4.14. The van der Waals surface area contributed by atoms with E-state index in [0.717, 1.165) is 16.9 Å². The highest BCUT2D eigenvalue weighted by Gasteiger charge is 2.23. The van der Waals surface area contributed by atoms with Crippen molar-refractivity contribution in [3.05, 3.63) is 76.4 Å². The van der Waals surface area contributed by atoms with Gasteiger partial charge in [0.1, 0.15) is 11.9 Å². The minimum Gasteiger partial charge on any atom is -0.454 e. The Kier molecular flexibility index (Phi) is 5.63. The minimum absolute atomic E-state index is 0.370. The van der Waals surface area contributed by atoms with Crippen LogP contribution in [0.15, 0.2) is 63.8 Å². The predicted molar refractivity (Wildman–Crippen MR) is 118 cm³/mol. The van der Waals surface area contributed by atoms with Crippen molar-refractivity contribution in [2.75, 3.05) is 11.9 Å². The van der Waals surface area contributed by atoms with Gasteiger partial charge >= 0.3 is 11.7 Å². The number of benzene rings is 2. The monoisotopic (exact) mass is 434 g/mol. The summed E-state index contributed by atoms with van der Waals surface area (Å²) in [6.07, 6.45) is 0. The van der Waals surface area contributed by atoms with Gasteiger partial charge in [-0.2, -0.15) is 5.10 Å². The average Bonchev–Trinajstić information content (AvgIpc) is 3.30. The lowest BCUT2D eigenvalue weighted by Gasteiger charge is -2.13. The van der Waals surface area contributed by atoms with Gasteiger partial charge in [-0.15, -0.1) is 0 Å². The van der Waals surface area contributed by atoms with Crippen LogP contribution < -0.4 is 11.1 Å². The number of carbonyl (C=O) groups excluding carboxylic acids is 2. The highest BCUT2D eigenvalue weighted by atomic mass is 16.5. The molecule has 9 heteroatoms. The van der Waals surface area contributed by atoms with Crippen molar-refractivity contribution >= 4 is 28.8 Å². The fraction of sp³-hybridized carbons (Fsp3) is 0.217. The van der Waals surface area contributed by atoms with Crippen LogP contribution in [0.2, 0.25) is 0 Å². The van der Waals surface area contributed by atoms with Gasteiger partial charge in [0.15, 0.2) is 12.2 Å². The van der Waals surface area contributed by atoms with Crippen molar-refractivity contribution in [2.45, 2.75) is 26.8 Å². The summed E-state index contributed by atoms with van der Waals surface area (Å²) in [5.41, 5.74) is 3.46. The number of nitrogens with one attached hydrogen (secondary N) is 1. The van der Waals surface area contributed by atoms with Crippen LogP contribution in [0.5, 0.6) is 0 Å². The average molecular weight is 434 g/mol. The van der Waals surface area contributed by atoms with E-state index in [4.69, 9.17) is 9.15 Å². The Morgan fingerprint density at radius 1 is 1.12 bits per heavy atom. The van der Waals surface area contributed by atoms with Crippen LogP contribution >= 0.6 is 0 Å². The maximum absolute atomic E-state index is 12.5. The summed E-state index contributed by atoms with van der Waals surface area (Å²) >= 11 is 0. The molecule has 0 aliphatic rings. The number of rotatable bonds is 6. The fourth-order valence-corrected chi connectivity index (χ4v) is 3.36. The molecule has 0 saturated heterocycles. The van der Waals surface area contributed by atoms with Crippen LogP contribution in [0.25, 0.3) is 16.8 Å². The van der Waals surface area contributed by atoms with Crippen LogP contribution in [0.4, 0.5) is 5.82 Å². The number of aromatic nitrogens is 3. The van der Waals surface area contributed by atoms with Gasteiger partial charge in [0.25, 0.3) is 5.91 Å². The highest BCUT2D eigenvalue weighted by Crippen LogP contribution is 2.19. The van der Waals surface area contributed by atoms with E-state index in [9.17, 15) is 14.4 Å². The van der Waals surface area contributed by atoms with Crippen molar-refractivity contribution in [3.63, 3.8) is 0 Å². The second kappa shape index (κ2) is 8.54. The van der Waals surface area contributed by atoms with E-state index in [1.807, 2.05) is 38.1 Å². The van der Waals surface area contributed by atoms with Crippen LogP contribution in [0.1, 0.15) is 24.2 Å². The van der Waals surface area contributed by atoms with Crippen LogP contribution in [-0.2, 0) is 14.3 Å². The molecule has 2 aromatic carbocycles. The molecule has 164 valence electrons. The third kappa shape index (κ3) is 4.18. The molecule has 0 aliphatic carbocycles. The normalized spacial score (nSPS) is 12.0. The lowest BCUT2D eigenvalue weighted by molar-refractivity contribution is -0.150. The zero-order valence-corrected chi connectivity index (χ0v) is 17.9. The van der Waals surface area contributed by atoms with Crippen molar-refractivity contribution in [1.29, 1.82) is 0 Å². The number of nitrogens with zero attached hydrogens (tertiary/aromatic N) is 3. The van der Waals surface area contributed by atoms with E-state index >= 15 is 0 Å². The van der Waals surface area contributed by atoms with Gasteiger partial charge in [-0.05, 0) is 45.0 Å². The van der Waals surface area contributed by atoms with Gasteiger partial charge in [-0.3, -0.25) is 9.36 Å². The Labute approximate surface area is 183 Å². The molecule has 32 heavy (non-hydrogen) atoms. The number of hydrogen-bond acceptors (Lipinski definition) is 6. The third-order valence-corrected chi connectivity index (χ3v) is 4.97. The summed E-state index contributed by atoms with van der Waals surface area (Å²) in [5, 5.41) is 7.12. The van der Waals surface area contributed by atoms with Crippen LogP contribution in [0.3, 0.4) is 0 Å². The van der Waals surface area contributed by atoms with Crippen molar-refractivity contribution in [3.8, 4) is 5.69 Å². The van der Waals surface area contributed by atoms with Gasteiger partial charge < -0.3 is 14.5 Å². The molecule has 1 amide bonds. The van der Waals surface area contributed by atoms with Crippen molar-refractivity contribution in [2.24, 2.45) is 0 Å². The van der Waals surface area contributed by atoms with E-state index < -0.39 is 30.3 Å². The first-order valence-electron chi connectivity index (χ1n) is 10.0.